The highest BCUT2D eigenvalue weighted by Crippen LogP contribution is 2.27. The lowest BCUT2D eigenvalue weighted by atomic mass is 9.96. The van der Waals surface area contributed by atoms with Gasteiger partial charge in [0.1, 0.15) is 0 Å². The van der Waals surface area contributed by atoms with Gasteiger partial charge in [0.05, 0.1) is 0 Å². The quantitative estimate of drug-likeness (QED) is 0.512. The van der Waals surface area contributed by atoms with Crippen LogP contribution in [0.3, 0.4) is 0 Å². The number of piperidine rings is 1. The molecular weight excluding hydrogens is 434 g/mol. The maximum Gasteiger partial charge on any atom is 0.255 e. The number of halogens is 1. The van der Waals surface area contributed by atoms with Gasteiger partial charge in [0.25, 0.3) is 5.91 Å². The van der Waals surface area contributed by atoms with Crippen LogP contribution in [0.5, 0.6) is 0 Å². The summed E-state index contributed by atoms with van der Waals surface area (Å²) >= 11 is 0. The minimum Gasteiger partial charge on any atom is -0.366 e. The number of rotatable bonds is 6. The summed E-state index contributed by atoms with van der Waals surface area (Å²) < 4.78 is 0. The van der Waals surface area contributed by atoms with Crippen molar-refractivity contribution in [2.45, 2.75) is 32.7 Å². The van der Waals surface area contributed by atoms with Crippen molar-refractivity contribution in [1.29, 1.82) is 0 Å². The van der Waals surface area contributed by atoms with E-state index in [4.69, 9.17) is 5.73 Å². The van der Waals surface area contributed by atoms with Gasteiger partial charge in [-0.05, 0) is 79.4 Å². The third-order valence-corrected chi connectivity index (χ3v) is 6.06. The first kappa shape index (κ1) is 24.5. The number of likely N-dealkylation sites (tertiary alicyclic amines) is 1. The minimum atomic E-state index is -0.505. The summed E-state index contributed by atoms with van der Waals surface area (Å²) in [5, 5.41) is 2.91. The smallest absolute Gasteiger partial charge is 0.255 e. The summed E-state index contributed by atoms with van der Waals surface area (Å²) in [6.45, 7) is 4.82. The minimum absolute atomic E-state index is 0. The number of anilines is 1. The van der Waals surface area contributed by atoms with Gasteiger partial charge in [-0.1, -0.05) is 48.9 Å². The molecule has 0 aliphatic carbocycles. The summed E-state index contributed by atoms with van der Waals surface area (Å²) in [7, 11) is 0. The fraction of sp³-hybridized carbons (Fsp3) is 0.259. The van der Waals surface area contributed by atoms with Crippen molar-refractivity contribution in [3.05, 3.63) is 89.0 Å². The Labute approximate surface area is 201 Å². The number of benzene rings is 3. The van der Waals surface area contributed by atoms with Gasteiger partial charge in [-0.15, -0.1) is 12.4 Å². The lowest BCUT2D eigenvalue weighted by molar-refractivity contribution is 0.0995. The molecule has 0 saturated carbocycles. The molecule has 0 spiro atoms. The molecule has 1 aliphatic rings. The lowest BCUT2D eigenvalue weighted by Crippen LogP contribution is -2.29. The Balaban J connectivity index is 0.00000306. The van der Waals surface area contributed by atoms with Crippen LogP contribution in [0.2, 0.25) is 0 Å². The van der Waals surface area contributed by atoms with Crippen molar-refractivity contribution in [2.24, 2.45) is 5.73 Å². The van der Waals surface area contributed by atoms with Crippen LogP contribution in [-0.2, 0) is 6.54 Å². The van der Waals surface area contributed by atoms with E-state index in [1.54, 1.807) is 18.2 Å². The molecule has 3 N–H and O–H groups in total. The molecule has 5 nitrogen and oxygen atoms in total. The van der Waals surface area contributed by atoms with Crippen molar-refractivity contribution in [3.63, 3.8) is 0 Å². The highest BCUT2D eigenvalue weighted by molar-refractivity contribution is 6.05. The first-order valence-corrected chi connectivity index (χ1v) is 11.1. The molecule has 0 aromatic heterocycles. The van der Waals surface area contributed by atoms with Gasteiger partial charge in [0.15, 0.2) is 0 Å². The number of amides is 2. The number of nitrogens with one attached hydrogen (secondary N) is 1. The molecular formula is C27H30ClN3O2. The molecule has 33 heavy (non-hydrogen) atoms. The Morgan fingerprint density at radius 1 is 0.939 bits per heavy atom. The number of primary amides is 1. The number of carbonyl (C=O) groups is 2. The van der Waals surface area contributed by atoms with Crippen LogP contribution in [0.4, 0.5) is 5.69 Å². The van der Waals surface area contributed by atoms with E-state index in [0.29, 0.717) is 16.8 Å². The highest BCUT2D eigenvalue weighted by atomic mass is 35.5. The van der Waals surface area contributed by atoms with Crippen LogP contribution in [0, 0.1) is 6.92 Å². The molecule has 0 radical (unpaired) electrons. The molecule has 1 saturated heterocycles. The van der Waals surface area contributed by atoms with Crippen molar-refractivity contribution in [2.75, 3.05) is 18.4 Å². The zero-order chi connectivity index (χ0) is 22.5. The van der Waals surface area contributed by atoms with Crippen LogP contribution in [0.25, 0.3) is 11.1 Å². The molecule has 3 aromatic rings. The molecule has 4 rings (SSSR count). The van der Waals surface area contributed by atoms with E-state index in [0.717, 1.165) is 41.9 Å². The topological polar surface area (TPSA) is 75.4 Å². The van der Waals surface area contributed by atoms with E-state index in [9.17, 15) is 9.59 Å². The number of carbonyl (C=O) groups excluding carboxylic acids is 2. The summed E-state index contributed by atoms with van der Waals surface area (Å²) in [5.41, 5.74) is 11.2. The van der Waals surface area contributed by atoms with Crippen LogP contribution in [0.15, 0.2) is 66.7 Å². The SMILES string of the molecule is Cc1ccc(NC(=O)c2ccc(-c3ccccc3)c(CN3CCCCC3)c2)cc1C(N)=O.Cl. The zero-order valence-corrected chi connectivity index (χ0v) is 19.7. The Hall–Kier alpha value is -3.15. The Bertz CT molecular complexity index is 1130. The van der Waals surface area contributed by atoms with E-state index < -0.39 is 5.91 Å². The average Bonchev–Trinajstić information content (AvgIpc) is 2.81. The zero-order valence-electron chi connectivity index (χ0n) is 18.8. The third kappa shape index (κ3) is 6.01. The standard InChI is InChI=1S/C27H29N3O2.ClH/c1-19-10-12-23(17-25(19)26(28)31)29-27(32)21-11-13-24(20-8-4-2-5-9-20)22(16-21)18-30-14-6-3-7-15-30;/h2,4-5,8-13,16-17H,3,6-7,14-15,18H2,1H3,(H2,28,31)(H,29,32);1H. The monoisotopic (exact) mass is 463 g/mol. The van der Waals surface area contributed by atoms with Gasteiger partial charge in [0.2, 0.25) is 5.91 Å². The predicted octanol–water partition coefficient (Wildman–Crippen LogP) is 5.42. The third-order valence-electron chi connectivity index (χ3n) is 6.06. The number of aryl methyl sites for hydroxylation is 1. The van der Waals surface area contributed by atoms with Crippen molar-refractivity contribution < 1.29 is 9.59 Å². The second-order valence-electron chi connectivity index (χ2n) is 8.42. The summed E-state index contributed by atoms with van der Waals surface area (Å²) in [6, 6.07) is 21.4. The average molecular weight is 464 g/mol. The maximum absolute atomic E-state index is 13.0. The van der Waals surface area contributed by atoms with Gasteiger partial charge in [0, 0.05) is 23.4 Å². The Morgan fingerprint density at radius 3 is 2.36 bits per heavy atom. The molecule has 172 valence electrons. The number of hydrogen-bond acceptors (Lipinski definition) is 3. The summed E-state index contributed by atoms with van der Waals surface area (Å²) in [6.07, 6.45) is 3.72. The van der Waals surface area contributed by atoms with E-state index in [1.165, 1.54) is 19.3 Å². The van der Waals surface area contributed by atoms with Gasteiger partial charge in [-0.2, -0.15) is 0 Å². The second-order valence-corrected chi connectivity index (χ2v) is 8.42. The van der Waals surface area contributed by atoms with Crippen molar-refractivity contribution in [1.82, 2.24) is 4.90 Å². The van der Waals surface area contributed by atoms with Gasteiger partial charge >= 0.3 is 0 Å². The maximum atomic E-state index is 13.0. The number of nitrogens with two attached hydrogens (primary N) is 1. The van der Waals surface area contributed by atoms with Crippen LogP contribution < -0.4 is 11.1 Å². The predicted molar refractivity (Wildman–Crippen MR) is 136 cm³/mol. The summed E-state index contributed by atoms with van der Waals surface area (Å²) in [4.78, 5) is 27.1. The lowest BCUT2D eigenvalue weighted by Gasteiger charge is -2.27. The van der Waals surface area contributed by atoms with E-state index in [2.05, 4.69) is 22.3 Å². The van der Waals surface area contributed by atoms with E-state index in [1.807, 2.05) is 43.3 Å². The molecule has 1 heterocycles. The molecule has 2 amide bonds. The van der Waals surface area contributed by atoms with Crippen molar-refractivity contribution in [3.8, 4) is 11.1 Å². The van der Waals surface area contributed by atoms with Crippen LogP contribution in [-0.4, -0.2) is 29.8 Å². The molecule has 0 unspecified atom stereocenters. The molecule has 3 aromatic carbocycles. The number of nitrogens with zero attached hydrogens (tertiary/aromatic N) is 1. The largest absolute Gasteiger partial charge is 0.366 e. The van der Waals surface area contributed by atoms with Crippen molar-refractivity contribution >= 4 is 29.9 Å². The normalized spacial score (nSPS) is 13.7. The number of hydrogen-bond donors (Lipinski definition) is 2. The van der Waals surface area contributed by atoms with Crippen LogP contribution in [0.1, 0.15) is 51.1 Å². The van der Waals surface area contributed by atoms with E-state index in [-0.39, 0.29) is 18.3 Å². The van der Waals surface area contributed by atoms with Crippen LogP contribution >= 0.6 is 12.4 Å². The summed E-state index contributed by atoms with van der Waals surface area (Å²) in [5.74, 6) is -0.710. The molecule has 0 bridgehead atoms. The first-order valence-electron chi connectivity index (χ1n) is 11.1. The van der Waals surface area contributed by atoms with Gasteiger partial charge in [-0.25, -0.2) is 0 Å². The van der Waals surface area contributed by atoms with Gasteiger partial charge < -0.3 is 11.1 Å². The fourth-order valence-corrected chi connectivity index (χ4v) is 4.29. The second kappa shape index (κ2) is 11.1. The van der Waals surface area contributed by atoms with E-state index >= 15 is 0 Å². The molecule has 1 fully saturated rings. The fourth-order valence-electron chi connectivity index (χ4n) is 4.29. The Morgan fingerprint density at radius 2 is 1.67 bits per heavy atom. The molecule has 6 heteroatoms. The van der Waals surface area contributed by atoms with Gasteiger partial charge in [-0.3, -0.25) is 14.5 Å². The highest BCUT2D eigenvalue weighted by Gasteiger charge is 2.16. The Kier molecular flexibility index (Phi) is 8.26. The molecule has 0 atom stereocenters. The first-order chi connectivity index (χ1) is 15.5. The molecule has 1 aliphatic heterocycles.